The minimum Gasteiger partial charge on any atom is -0.504 e. The first kappa shape index (κ1) is 17.0. The third-order valence-electron chi connectivity index (χ3n) is 2.26. The number of hydrogen-bond acceptors (Lipinski definition) is 5. The average molecular weight is 403 g/mol. The maximum absolute atomic E-state index is 11.3. The van der Waals surface area contributed by atoms with E-state index in [0.717, 1.165) is 0 Å². The van der Waals surface area contributed by atoms with E-state index in [1.165, 1.54) is 19.4 Å². The maximum atomic E-state index is 11.3. The van der Waals surface area contributed by atoms with Crippen molar-refractivity contribution in [3.8, 4) is 11.5 Å². The molecule has 0 unspecified atom stereocenters. The van der Waals surface area contributed by atoms with E-state index >= 15 is 0 Å². The fraction of sp³-hybridized carbons (Fsp3) is 0.154. The molecule has 1 aromatic carbocycles. The molecule has 0 aromatic heterocycles. The fourth-order valence-electron chi connectivity index (χ4n) is 1.29. The van der Waals surface area contributed by atoms with Crippen LogP contribution in [0.25, 0.3) is 0 Å². The smallest absolute Gasteiger partial charge is 0.329 e. The highest BCUT2D eigenvalue weighted by Crippen LogP contribution is 2.31. The highest BCUT2D eigenvalue weighted by molar-refractivity contribution is 14.1. The zero-order valence-electron chi connectivity index (χ0n) is 11.2. The molecule has 112 valence electrons. The molecule has 1 aromatic rings. The standard InChI is InChI=1S/C13H14IN3O4/c1-3-4-15-12(19)13(20)17-16-7-8-5-9(14)11(18)10(6-8)21-2/h3,5-7,18H,1,4H2,2H3,(H,15,19)(H,17,20)/b16-7-. The van der Waals surface area contributed by atoms with Crippen molar-refractivity contribution in [3.05, 3.63) is 33.9 Å². The largest absolute Gasteiger partial charge is 0.504 e. The van der Waals surface area contributed by atoms with Crippen molar-refractivity contribution in [3.63, 3.8) is 0 Å². The number of benzene rings is 1. The minimum atomic E-state index is -0.881. The quantitative estimate of drug-likeness (QED) is 0.222. The van der Waals surface area contributed by atoms with Crippen LogP contribution in [-0.2, 0) is 9.59 Å². The van der Waals surface area contributed by atoms with Gasteiger partial charge in [0.1, 0.15) is 0 Å². The first-order valence-electron chi connectivity index (χ1n) is 5.78. The molecule has 0 saturated carbocycles. The summed E-state index contributed by atoms with van der Waals surface area (Å²) in [5.74, 6) is -1.36. The molecule has 0 aliphatic heterocycles. The lowest BCUT2D eigenvalue weighted by Gasteiger charge is -2.06. The summed E-state index contributed by atoms with van der Waals surface area (Å²) >= 11 is 1.94. The van der Waals surface area contributed by atoms with Crippen LogP contribution in [0, 0.1) is 3.57 Å². The molecule has 2 amide bonds. The Kier molecular flexibility index (Phi) is 6.66. The van der Waals surface area contributed by atoms with Gasteiger partial charge in [0.25, 0.3) is 0 Å². The monoisotopic (exact) mass is 403 g/mol. The van der Waals surface area contributed by atoms with Gasteiger partial charge in [-0.15, -0.1) is 6.58 Å². The van der Waals surface area contributed by atoms with Gasteiger partial charge in [-0.1, -0.05) is 6.08 Å². The first-order valence-corrected chi connectivity index (χ1v) is 6.86. The Labute approximate surface area is 135 Å². The van der Waals surface area contributed by atoms with Crippen molar-refractivity contribution in [1.29, 1.82) is 0 Å². The Morgan fingerprint density at radius 2 is 2.19 bits per heavy atom. The summed E-state index contributed by atoms with van der Waals surface area (Å²) in [5, 5.41) is 15.7. The lowest BCUT2D eigenvalue weighted by Crippen LogP contribution is -2.37. The third kappa shape index (κ3) is 5.06. The SMILES string of the molecule is C=CCNC(=O)C(=O)N/N=C\c1cc(I)c(O)c(OC)c1. The predicted molar refractivity (Wildman–Crippen MR) is 86.3 cm³/mol. The number of aromatic hydroxyl groups is 1. The summed E-state index contributed by atoms with van der Waals surface area (Å²) in [5.41, 5.74) is 2.69. The van der Waals surface area contributed by atoms with Crippen molar-refractivity contribution in [2.75, 3.05) is 13.7 Å². The van der Waals surface area contributed by atoms with Gasteiger partial charge in [-0.05, 0) is 40.3 Å². The second-order valence-electron chi connectivity index (χ2n) is 3.75. The Morgan fingerprint density at radius 3 is 2.81 bits per heavy atom. The van der Waals surface area contributed by atoms with Crippen molar-refractivity contribution in [2.45, 2.75) is 0 Å². The summed E-state index contributed by atoms with van der Waals surface area (Å²) in [6.07, 6.45) is 2.79. The topological polar surface area (TPSA) is 100 Å². The van der Waals surface area contributed by atoms with Gasteiger partial charge in [-0.2, -0.15) is 5.10 Å². The molecule has 0 fully saturated rings. The number of phenolic OH excluding ortho intramolecular Hbond substituents is 1. The molecule has 8 heteroatoms. The molecule has 0 aliphatic carbocycles. The highest BCUT2D eigenvalue weighted by atomic mass is 127. The second kappa shape index (κ2) is 8.25. The van der Waals surface area contributed by atoms with Crippen LogP contribution in [0.2, 0.25) is 0 Å². The molecule has 0 bridgehead atoms. The number of halogens is 1. The van der Waals surface area contributed by atoms with Gasteiger partial charge in [0.15, 0.2) is 11.5 Å². The molecular formula is C13H14IN3O4. The third-order valence-corrected chi connectivity index (χ3v) is 3.09. The molecule has 0 aliphatic rings. The highest BCUT2D eigenvalue weighted by Gasteiger charge is 2.11. The van der Waals surface area contributed by atoms with E-state index in [-0.39, 0.29) is 12.3 Å². The van der Waals surface area contributed by atoms with E-state index in [2.05, 4.69) is 22.4 Å². The summed E-state index contributed by atoms with van der Waals surface area (Å²) in [4.78, 5) is 22.6. The Bertz CT molecular complexity index is 587. The molecule has 1 rings (SSSR count). The van der Waals surface area contributed by atoms with Crippen molar-refractivity contribution in [2.24, 2.45) is 5.10 Å². The number of hydrazone groups is 1. The number of nitrogens with zero attached hydrogens (tertiary/aromatic N) is 1. The summed E-state index contributed by atoms with van der Waals surface area (Å²) < 4.78 is 5.57. The van der Waals surface area contributed by atoms with Crippen LogP contribution >= 0.6 is 22.6 Å². The van der Waals surface area contributed by atoms with Gasteiger partial charge in [0.05, 0.1) is 16.9 Å². The van der Waals surface area contributed by atoms with Crippen molar-refractivity contribution >= 4 is 40.6 Å². The van der Waals surface area contributed by atoms with Crippen LogP contribution in [0.4, 0.5) is 0 Å². The van der Waals surface area contributed by atoms with Crippen LogP contribution in [0.5, 0.6) is 11.5 Å². The number of amides is 2. The molecule has 3 N–H and O–H groups in total. The van der Waals surface area contributed by atoms with E-state index in [1.54, 1.807) is 12.1 Å². The minimum absolute atomic E-state index is 0.0306. The van der Waals surface area contributed by atoms with Crippen LogP contribution in [-0.4, -0.2) is 36.8 Å². The normalized spacial score (nSPS) is 10.2. The number of hydrogen-bond donors (Lipinski definition) is 3. The molecule has 0 spiro atoms. The molecule has 0 atom stereocenters. The predicted octanol–water partition coefficient (Wildman–Crippen LogP) is 0.758. The van der Waals surface area contributed by atoms with Gasteiger partial charge < -0.3 is 15.2 Å². The van der Waals surface area contributed by atoms with Crippen molar-refractivity contribution < 1.29 is 19.4 Å². The Hall–Kier alpha value is -2.10. The van der Waals surface area contributed by atoms with Gasteiger partial charge in [0.2, 0.25) is 0 Å². The van der Waals surface area contributed by atoms with Crippen LogP contribution in [0.15, 0.2) is 29.9 Å². The Morgan fingerprint density at radius 1 is 1.48 bits per heavy atom. The number of ether oxygens (including phenoxy) is 1. The first-order chi connectivity index (χ1) is 9.99. The zero-order chi connectivity index (χ0) is 15.8. The van der Waals surface area contributed by atoms with E-state index in [4.69, 9.17) is 4.74 Å². The zero-order valence-corrected chi connectivity index (χ0v) is 13.4. The number of nitrogens with one attached hydrogen (secondary N) is 2. The van der Waals surface area contributed by atoms with E-state index < -0.39 is 11.8 Å². The fourth-order valence-corrected chi connectivity index (χ4v) is 1.91. The van der Waals surface area contributed by atoms with Crippen LogP contribution in [0.3, 0.4) is 0 Å². The van der Waals surface area contributed by atoms with E-state index in [9.17, 15) is 14.7 Å². The van der Waals surface area contributed by atoms with Gasteiger partial charge >= 0.3 is 11.8 Å². The number of carbonyl (C=O) groups excluding carboxylic acids is 2. The Balaban J connectivity index is 2.69. The van der Waals surface area contributed by atoms with Gasteiger partial charge in [-0.3, -0.25) is 9.59 Å². The lowest BCUT2D eigenvalue weighted by atomic mass is 10.2. The number of rotatable bonds is 5. The molecular weight excluding hydrogens is 389 g/mol. The molecule has 7 nitrogen and oxygen atoms in total. The molecule has 0 saturated heterocycles. The summed E-state index contributed by atoms with van der Waals surface area (Å²) in [6, 6.07) is 3.19. The average Bonchev–Trinajstić information content (AvgIpc) is 2.47. The van der Waals surface area contributed by atoms with E-state index in [0.29, 0.717) is 14.9 Å². The molecule has 0 radical (unpaired) electrons. The van der Waals surface area contributed by atoms with Gasteiger partial charge in [0, 0.05) is 6.54 Å². The summed E-state index contributed by atoms with van der Waals surface area (Å²) in [6.45, 7) is 3.61. The number of methoxy groups -OCH3 is 1. The number of phenols is 1. The molecule has 0 heterocycles. The van der Waals surface area contributed by atoms with Crippen LogP contribution < -0.4 is 15.5 Å². The number of carbonyl (C=O) groups is 2. The molecule has 21 heavy (non-hydrogen) atoms. The second-order valence-corrected chi connectivity index (χ2v) is 4.91. The van der Waals surface area contributed by atoms with Crippen molar-refractivity contribution in [1.82, 2.24) is 10.7 Å². The van der Waals surface area contributed by atoms with Gasteiger partial charge in [-0.25, -0.2) is 5.43 Å². The maximum Gasteiger partial charge on any atom is 0.329 e. The summed E-state index contributed by atoms with van der Waals surface area (Å²) in [7, 11) is 1.43. The van der Waals surface area contributed by atoms with E-state index in [1.807, 2.05) is 22.6 Å². The lowest BCUT2D eigenvalue weighted by molar-refractivity contribution is -0.139. The van der Waals surface area contributed by atoms with Crippen LogP contribution in [0.1, 0.15) is 5.56 Å².